The SMILES string of the molecule is N=C(SC(=[NH2+])COc1ccc2c(c1)CN(C1CCCC1)C2=O)c1ccc(Cl)c(C(=O)O)c1. The number of carbonyl (C=O) groups is 2. The Bertz CT molecular complexity index is 1110. The fourth-order valence-corrected chi connectivity index (χ4v) is 4.95. The molecule has 0 radical (unpaired) electrons. The van der Waals surface area contributed by atoms with Crippen LogP contribution in [0.5, 0.6) is 5.75 Å². The summed E-state index contributed by atoms with van der Waals surface area (Å²) < 4.78 is 5.78. The topological polar surface area (TPSA) is 116 Å². The van der Waals surface area contributed by atoms with E-state index in [1.807, 2.05) is 11.0 Å². The number of hydrogen-bond acceptors (Lipinski definition) is 5. The van der Waals surface area contributed by atoms with Gasteiger partial charge in [-0.2, -0.15) is 0 Å². The van der Waals surface area contributed by atoms with Crippen molar-refractivity contribution in [2.75, 3.05) is 6.61 Å². The minimum absolute atomic E-state index is 0.0660. The first kappa shape index (κ1) is 22.4. The summed E-state index contributed by atoms with van der Waals surface area (Å²) in [6.07, 6.45) is 4.49. The third-order valence-electron chi connectivity index (χ3n) is 5.75. The second kappa shape index (κ2) is 9.34. The average Bonchev–Trinajstić information content (AvgIpc) is 3.40. The van der Waals surface area contributed by atoms with Gasteiger partial charge in [0.1, 0.15) is 10.8 Å². The van der Waals surface area contributed by atoms with Crippen LogP contribution in [-0.2, 0) is 6.54 Å². The Morgan fingerprint density at radius 3 is 2.72 bits per heavy atom. The van der Waals surface area contributed by atoms with Crippen LogP contribution >= 0.6 is 23.4 Å². The van der Waals surface area contributed by atoms with Crippen molar-refractivity contribution >= 4 is 45.3 Å². The van der Waals surface area contributed by atoms with Crippen molar-refractivity contribution in [3.05, 3.63) is 63.7 Å². The van der Waals surface area contributed by atoms with Gasteiger partial charge in [-0.05, 0) is 60.5 Å². The number of halogens is 1. The highest BCUT2D eigenvalue weighted by atomic mass is 35.5. The van der Waals surface area contributed by atoms with E-state index in [1.165, 1.54) is 25.0 Å². The lowest BCUT2D eigenvalue weighted by Gasteiger charge is -2.23. The second-order valence-electron chi connectivity index (χ2n) is 7.88. The van der Waals surface area contributed by atoms with Gasteiger partial charge in [0.25, 0.3) is 11.0 Å². The number of benzene rings is 2. The number of carboxylic acids is 1. The van der Waals surface area contributed by atoms with Crippen LogP contribution in [0.15, 0.2) is 36.4 Å². The van der Waals surface area contributed by atoms with Crippen molar-refractivity contribution in [2.24, 2.45) is 0 Å². The lowest BCUT2D eigenvalue weighted by Crippen LogP contribution is -2.41. The fourth-order valence-electron chi connectivity index (χ4n) is 4.12. The molecule has 2 aromatic rings. The zero-order valence-corrected chi connectivity index (χ0v) is 18.8. The van der Waals surface area contributed by atoms with Gasteiger partial charge < -0.3 is 14.7 Å². The number of thioether (sulfide) groups is 1. The molecule has 2 aromatic carbocycles. The number of ether oxygens (including phenoxy) is 1. The normalized spacial score (nSPS) is 15.7. The molecule has 32 heavy (non-hydrogen) atoms. The summed E-state index contributed by atoms with van der Waals surface area (Å²) in [5, 5.41) is 24.0. The first-order valence-electron chi connectivity index (χ1n) is 10.3. The molecule has 9 heteroatoms. The molecule has 1 aliphatic heterocycles. The molecule has 1 heterocycles. The first-order valence-corrected chi connectivity index (χ1v) is 11.5. The molecular formula is C23H23ClN3O4S+. The van der Waals surface area contributed by atoms with Gasteiger partial charge in [0, 0.05) is 23.7 Å². The Morgan fingerprint density at radius 2 is 2.00 bits per heavy atom. The van der Waals surface area contributed by atoms with Crippen LogP contribution in [0, 0.1) is 5.41 Å². The van der Waals surface area contributed by atoms with E-state index in [1.54, 1.807) is 18.2 Å². The quantitative estimate of drug-likeness (QED) is 0.441. The maximum atomic E-state index is 12.7. The molecule has 0 saturated heterocycles. The minimum atomic E-state index is -1.16. The van der Waals surface area contributed by atoms with Crippen LogP contribution in [0.25, 0.3) is 0 Å². The standard InChI is InChI=1S/C23H22ClN3O4S/c24-19-8-5-13(10-18(19)23(29)30)21(26)32-20(25)12-31-16-6-7-17-14(9-16)11-27(22(17)28)15-3-1-2-4-15/h5-10,15,25-26H,1-4,11-12H2,(H,29,30)/p+1. The van der Waals surface area contributed by atoms with Crippen LogP contribution in [0.1, 0.15) is 57.5 Å². The zero-order chi connectivity index (χ0) is 22.8. The lowest BCUT2D eigenvalue weighted by atomic mass is 10.1. The Kier molecular flexibility index (Phi) is 6.53. The summed E-state index contributed by atoms with van der Waals surface area (Å²) in [4.78, 5) is 25.9. The number of nitrogens with one attached hydrogen (secondary N) is 1. The highest BCUT2D eigenvalue weighted by Gasteiger charge is 2.34. The smallest absolute Gasteiger partial charge is 0.337 e. The number of carbonyl (C=O) groups excluding carboxylic acids is 1. The highest BCUT2D eigenvalue weighted by molar-refractivity contribution is 8.26. The summed E-state index contributed by atoms with van der Waals surface area (Å²) in [5.74, 6) is -0.451. The van der Waals surface area contributed by atoms with E-state index in [-0.39, 0.29) is 28.1 Å². The molecule has 1 aliphatic carbocycles. The number of carboxylic acid groups (broad SMARTS) is 1. The predicted octanol–water partition coefficient (Wildman–Crippen LogP) is 3.23. The number of aromatic carboxylic acids is 1. The summed E-state index contributed by atoms with van der Waals surface area (Å²) in [6.45, 7) is 0.683. The summed E-state index contributed by atoms with van der Waals surface area (Å²) in [5.41, 5.74) is 2.03. The number of hydrogen-bond donors (Lipinski definition) is 3. The fraction of sp³-hybridized carbons (Fsp3) is 0.304. The molecule has 0 spiro atoms. The van der Waals surface area contributed by atoms with E-state index < -0.39 is 5.97 Å². The molecule has 4 rings (SSSR count). The van der Waals surface area contributed by atoms with Crippen molar-refractivity contribution in [1.29, 1.82) is 5.41 Å². The summed E-state index contributed by atoms with van der Waals surface area (Å²) in [6, 6.07) is 10.1. The van der Waals surface area contributed by atoms with Crippen molar-refractivity contribution in [1.82, 2.24) is 4.90 Å². The number of fused-ring (bicyclic) bond motifs is 1. The summed E-state index contributed by atoms with van der Waals surface area (Å²) in [7, 11) is 0. The largest absolute Gasteiger partial charge is 0.482 e. The average molecular weight is 473 g/mol. The van der Waals surface area contributed by atoms with Crippen molar-refractivity contribution in [2.45, 2.75) is 38.3 Å². The van der Waals surface area contributed by atoms with Gasteiger partial charge in [-0.1, -0.05) is 30.5 Å². The molecule has 7 nitrogen and oxygen atoms in total. The molecule has 1 amide bonds. The van der Waals surface area contributed by atoms with Crippen molar-refractivity contribution < 1.29 is 24.8 Å². The van der Waals surface area contributed by atoms with Crippen LogP contribution in [0.4, 0.5) is 0 Å². The minimum Gasteiger partial charge on any atom is -0.482 e. The van der Waals surface area contributed by atoms with Gasteiger partial charge in [0.2, 0.25) is 0 Å². The second-order valence-corrected chi connectivity index (χ2v) is 9.42. The third-order valence-corrected chi connectivity index (χ3v) is 6.90. The summed E-state index contributed by atoms with van der Waals surface area (Å²) >= 11 is 6.88. The molecule has 166 valence electrons. The number of nitrogens with zero attached hydrogens (tertiary/aromatic N) is 1. The molecule has 4 N–H and O–H groups in total. The van der Waals surface area contributed by atoms with Crippen LogP contribution in [0.3, 0.4) is 0 Å². The van der Waals surface area contributed by atoms with E-state index in [9.17, 15) is 14.7 Å². The monoisotopic (exact) mass is 472 g/mol. The molecule has 0 atom stereocenters. The van der Waals surface area contributed by atoms with E-state index in [2.05, 4.69) is 0 Å². The Hall–Kier alpha value is -2.84. The maximum Gasteiger partial charge on any atom is 0.337 e. The van der Waals surface area contributed by atoms with Crippen LogP contribution in [-0.4, -0.2) is 44.6 Å². The molecule has 0 bridgehead atoms. The Morgan fingerprint density at radius 1 is 1.25 bits per heavy atom. The molecular weight excluding hydrogens is 450 g/mol. The highest BCUT2D eigenvalue weighted by Crippen LogP contribution is 2.33. The van der Waals surface area contributed by atoms with Crippen LogP contribution < -0.4 is 10.1 Å². The number of nitrogens with two attached hydrogens (primary N) is 1. The third kappa shape index (κ3) is 4.66. The molecule has 1 saturated carbocycles. The van der Waals surface area contributed by atoms with Gasteiger partial charge in [-0.25, -0.2) is 10.2 Å². The molecule has 0 aromatic heterocycles. The van der Waals surface area contributed by atoms with Gasteiger partial charge in [-0.3, -0.25) is 10.2 Å². The molecule has 2 aliphatic rings. The predicted molar refractivity (Wildman–Crippen MR) is 124 cm³/mol. The van der Waals surface area contributed by atoms with E-state index in [0.717, 1.165) is 35.7 Å². The maximum absolute atomic E-state index is 12.7. The Labute approximate surface area is 194 Å². The lowest BCUT2D eigenvalue weighted by molar-refractivity contribution is -0.112. The van der Waals surface area contributed by atoms with Gasteiger partial charge >= 0.3 is 5.97 Å². The zero-order valence-electron chi connectivity index (χ0n) is 17.3. The van der Waals surface area contributed by atoms with Crippen LogP contribution in [0.2, 0.25) is 5.02 Å². The van der Waals surface area contributed by atoms with Gasteiger partial charge in [-0.15, -0.1) is 0 Å². The van der Waals surface area contributed by atoms with Gasteiger partial charge in [0.15, 0.2) is 6.61 Å². The first-order chi connectivity index (χ1) is 15.3. The van der Waals surface area contributed by atoms with E-state index in [4.69, 9.17) is 27.2 Å². The Balaban J connectivity index is 1.35. The molecule has 1 fully saturated rings. The van der Waals surface area contributed by atoms with E-state index in [0.29, 0.717) is 28.9 Å². The van der Waals surface area contributed by atoms with E-state index >= 15 is 0 Å². The molecule has 0 unspecified atom stereocenters. The van der Waals surface area contributed by atoms with Crippen molar-refractivity contribution in [3.63, 3.8) is 0 Å². The number of amides is 1. The number of rotatable bonds is 6. The van der Waals surface area contributed by atoms with Gasteiger partial charge in [0.05, 0.1) is 10.6 Å². The van der Waals surface area contributed by atoms with Crippen molar-refractivity contribution in [3.8, 4) is 5.75 Å².